The van der Waals surface area contributed by atoms with Gasteiger partial charge in [-0.05, 0) is 31.9 Å². The SMILES string of the molecule is COC[C@H](C)N1CN(Cc2cc(C)on2)n2cc(C(=O)CCc3ccc(F)cc3F)c(=O)c(O)c2C1=O. The lowest BCUT2D eigenvalue weighted by molar-refractivity contribution is 0.0477. The van der Waals surface area contributed by atoms with E-state index in [9.17, 15) is 28.3 Å². The fourth-order valence-electron chi connectivity index (χ4n) is 4.24. The van der Waals surface area contributed by atoms with Gasteiger partial charge in [0.15, 0.2) is 17.2 Å². The summed E-state index contributed by atoms with van der Waals surface area (Å²) in [4.78, 5) is 40.7. The molecule has 0 unspecified atom stereocenters. The summed E-state index contributed by atoms with van der Waals surface area (Å²) in [6.07, 6.45) is 0.837. The van der Waals surface area contributed by atoms with Crippen LogP contribution < -0.4 is 10.4 Å². The van der Waals surface area contributed by atoms with Gasteiger partial charge in [-0.1, -0.05) is 11.2 Å². The molecule has 0 fully saturated rings. The average molecular weight is 517 g/mol. The summed E-state index contributed by atoms with van der Waals surface area (Å²) in [6, 6.07) is 4.32. The fraction of sp³-hybridized carbons (Fsp3) is 0.360. The Labute approximate surface area is 210 Å². The Balaban J connectivity index is 1.71. The second-order valence-corrected chi connectivity index (χ2v) is 8.89. The number of pyridine rings is 1. The first-order chi connectivity index (χ1) is 17.6. The first-order valence-electron chi connectivity index (χ1n) is 11.5. The summed E-state index contributed by atoms with van der Waals surface area (Å²) in [5.41, 5.74) is -1.05. The van der Waals surface area contributed by atoms with E-state index in [4.69, 9.17) is 9.26 Å². The molecular formula is C25H26F2N4O6. The van der Waals surface area contributed by atoms with Gasteiger partial charge < -0.3 is 19.3 Å². The van der Waals surface area contributed by atoms with Gasteiger partial charge in [-0.3, -0.25) is 24.1 Å². The number of hydrogen-bond donors (Lipinski definition) is 1. The van der Waals surface area contributed by atoms with Crippen LogP contribution >= 0.6 is 0 Å². The third-order valence-electron chi connectivity index (χ3n) is 6.15. The van der Waals surface area contributed by atoms with Crippen LogP contribution in [-0.4, -0.2) is 58.0 Å². The van der Waals surface area contributed by atoms with Crippen molar-refractivity contribution in [3.8, 4) is 5.75 Å². The van der Waals surface area contributed by atoms with Gasteiger partial charge in [0.05, 0.1) is 24.8 Å². The molecule has 1 amide bonds. The predicted octanol–water partition coefficient (Wildman–Crippen LogP) is 2.53. The molecule has 0 radical (unpaired) electrons. The fourth-order valence-corrected chi connectivity index (χ4v) is 4.24. The number of nitrogens with zero attached hydrogens (tertiary/aromatic N) is 4. The molecule has 0 bridgehead atoms. The number of rotatable bonds is 9. The largest absolute Gasteiger partial charge is 0.502 e. The zero-order valence-electron chi connectivity index (χ0n) is 20.5. The number of halogens is 2. The molecule has 3 aromatic rings. The Hall–Kier alpha value is -4.06. The van der Waals surface area contributed by atoms with Gasteiger partial charge in [-0.15, -0.1) is 0 Å². The van der Waals surface area contributed by atoms with Crippen molar-refractivity contribution in [3.63, 3.8) is 0 Å². The number of carbonyl (C=O) groups excluding carboxylic acids is 2. The van der Waals surface area contributed by atoms with E-state index >= 15 is 0 Å². The van der Waals surface area contributed by atoms with Gasteiger partial charge in [0.1, 0.15) is 29.8 Å². The molecule has 12 heteroatoms. The van der Waals surface area contributed by atoms with E-state index in [-0.39, 0.29) is 49.5 Å². The van der Waals surface area contributed by atoms with Gasteiger partial charge in [-0.2, -0.15) is 0 Å². The van der Waals surface area contributed by atoms with Crippen molar-refractivity contribution >= 4 is 11.7 Å². The summed E-state index contributed by atoms with van der Waals surface area (Å²) < 4.78 is 38.8. The van der Waals surface area contributed by atoms with Gasteiger partial charge in [0.2, 0.25) is 5.43 Å². The molecule has 0 saturated carbocycles. The summed E-state index contributed by atoms with van der Waals surface area (Å²) in [7, 11) is 1.49. The lowest BCUT2D eigenvalue weighted by Gasteiger charge is -2.41. The molecular weight excluding hydrogens is 490 g/mol. The number of carbonyl (C=O) groups is 2. The minimum atomic E-state index is -1.01. The highest BCUT2D eigenvalue weighted by Gasteiger charge is 2.36. The minimum absolute atomic E-state index is 0.0407. The maximum Gasteiger partial charge on any atom is 0.278 e. The molecule has 1 aliphatic rings. The smallest absolute Gasteiger partial charge is 0.278 e. The summed E-state index contributed by atoms with van der Waals surface area (Å²) in [5.74, 6) is -3.13. The van der Waals surface area contributed by atoms with Crippen LogP contribution in [0.4, 0.5) is 8.78 Å². The van der Waals surface area contributed by atoms with Crippen LogP contribution in [0.25, 0.3) is 0 Å². The molecule has 1 aromatic carbocycles. The maximum atomic E-state index is 14.0. The number of fused-ring (bicyclic) bond motifs is 1. The molecule has 1 N–H and O–H groups in total. The first-order valence-corrected chi connectivity index (χ1v) is 11.5. The number of benzene rings is 1. The van der Waals surface area contributed by atoms with Crippen molar-refractivity contribution in [2.45, 2.75) is 39.3 Å². The molecule has 0 saturated heterocycles. The van der Waals surface area contributed by atoms with Crippen molar-refractivity contribution in [3.05, 3.63) is 80.6 Å². The quantitative estimate of drug-likeness (QED) is 0.431. The summed E-state index contributed by atoms with van der Waals surface area (Å²) in [6.45, 7) is 3.87. The Morgan fingerprint density at radius 1 is 1.27 bits per heavy atom. The van der Waals surface area contributed by atoms with Crippen LogP contribution in [0.15, 0.2) is 39.8 Å². The van der Waals surface area contributed by atoms with E-state index in [1.165, 1.54) is 28.9 Å². The number of hydrogen-bond acceptors (Lipinski definition) is 8. The molecule has 37 heavy (non-hydrogen) atoms. The van der Waals surface area contributed by atoms with E-state index in [0.717, 1.165) is 6.07 Å². The maximum absolute atomic E-state index is 14.0. The second-order valence-electron chi connectivity index (χ2n) is 8.89. The highest BCUT2D eigenvalue weighted by molar-refractivity contribution is 6.00. The number of ketones is 1. The summed E-state index contributed by atoms with van der Waals surface area (Å²) in [5, 5.41) is 16.4. The minimum Gasteiger partial charge on any atom is -0.502 e. The number of aromatic nitrogens is 2. The van der Waals surface area contributed by atoms with Crippen molar-refractivity contribution in [1.82, 2.24) is 14.7 Å². The molecule has 196 valence electrons. The van der Waals surface area contributed by atoms with Crippen molar-refractivity contribution in [2.24, 2.45) is 0 Å². The third kappa shape index (κ3) is 5.24. The average Bonchev–Trinajstić information content (AvgIpc) is 3.26. The third-order valence-corrected chi connectivity index (χ3v) is 6.15. The Kier molecular flexibility index (Phi) is 7.39. The van der Waals surface area contributed by atoms with Crippen LogP contribution in [0.3, 0.4) is 0 Å². The number of aromatic hydroxyl groups is 1. The zero-order valence-corrected chi connectivity index (χ0v) is 20.5. The number of ether oxygens (including phenoxy) is 1. The highest BCUT2D eigenvalue weighted by Crippen LogP contribution is 2.25. The predicted molar refractivity (Wildman–Crippen MR) is 127 cm³/mol. The summed E-state index contributed by atoms with van der Waals surface area (Å²) >= 11 is 0. The van der Waals surface area contributed by atoms with E-state index in [1.807, 2.05) is 0 Å². The normalized spacial score (nSPS) is 14.1. The van der Waals surface area contributed by atoms with Crippen molar-refractivity contribution in [1.29, 1.82) is 0 Å². The Bertz CT molecular complexity index is 1400. The number of methoxy groups -OCH3 is 1. The molecule has 1 atom stereocenters. The van der Waals surface area contributed by atoms with Crippen molar-refractivity contribution in [2.75, 3.05) is 25.4 Å². The van der Waals surface area contributed by atoms with Crippen LogP contribution in [0.1, 0.15) is 51.2 Å². The van der Waals surface area contributed by atoms with Crippen LogP contribution in [0.2, 0.25) is 0 Å². The molecule has 0 spiro atoms. The van der Waals surface area contributed by atoms with E-state index < -0.39 is 40.5 Å². The van der Waals surface area contributed by atoms with Gasteiger partial charge >= 0.3 is 0 Å². The molecule has 10 nitrogen and oxygen atoms in total. The highest BCUT2D eigenvalue weighted by atomic mass is 19.1. The standard InChI is InChI=1S/C25H26F2N4O6/c1-14(12-36-3)30-13-29(10-18-8-15(2)37-28-18)31-11-19(23(33)24(34)22(31)25(30)35)21(32)7-5-16-4-6-17(26)9-20(16)27/h4,6,8-9,11,14,34H,5,7,10,12-13H2,1-3H3/t14-/m0/s1. The molecule has 4 rings (SSSR count). The topological polar surface area (TPSA) is 118 Å². The van der Waals surface area contributed by atoms with E-state index in [0.29, 0.717) is 17.5 Å². The van der Waals surface area contributed by atoms with E-state index in [1.54, 1.807) is 24.9 Å². The molecule has 2 aromatic heterocycles. The zero-order chi connectivity index (χ0) is 26.9. The van der Waals surface area contributed by atoms with Crippen LogP contribution in [0, 0.1) is 18.6 Å². The van der Waals surface area contributed by atoms with Gasteiger partial charge in [0.25, 0.3) is 5.91 Å². The lowest BCUT2D eigenvalue weighted by Crippen LogP contribution is -2.57. The monoisotopic (exact) mass is 516 g/mol. The molecule has 0 aliphatic carbocycles. The van der Waals surface area contributed by atoms with Gasteiger partial charge in [-0.25, -0.2) is 8.78 Å². The molecule has 1 aliphatic heterocycles. The van der Waals surface area contributed by atoms with Crippen LogP contribution in [0.5, 0.6) is 5.75 Å². The van der Waals surface area contributed by atoms with Gasteiger partial charge in [0, 0.05) is 31.9 Å². The van der Waals surface area contributed by atoms with E-state index in [2.05, 4.69) is 5.16 Å². The van der Waals surface area contributed by atoms with Crippen LogP contribution in [-0.2, 0) is 17.7 Å². The number of aryl methyl sites for hydroxylation is 2. The number of amides is 1. The second kappa shape index (κ2) is 10.5. The lowest BCUT2D eigenvalue weighted by atomic mass is 10.0. The Morgan fingerprint density at radius 2 is 2.03 bits per heavy atom. The first kappa shape index (κ1) is 26.0. The number of Topliss-reactive ketones (excluding diaryl/α,β-unsaturated/α-hetero) is 1. The molecule has 3 heterocycles. The van der Waals surface area contributed by atoms with Crippen molar-refractivity contribution < 1.29 is 32.7 Å². The Morgan fingerprint density at radius 3 is 2.68 bits per heavy atom.